The standard InChI is InChI=1S/C11H22N2O2S/c1-3-4-10-12-16(14,15)13(2)11-8-6-5-7-9-11/h3,11-12H,1,4-10H2,2H3. The van der Waals surface area contributed by atoms with Crippen LogP contribution in [0.3, 0.4) is 0 Å². The Bertz CT molecular complexity index is 308. The second-order valence-corrected chi connectivity index (χ2v) is 6.10. The second kappa shape index (κ2) is 6.37. The molecular weight excluding hydrogens is 224 g/mol. The summed E-state index contributed by atoms with van der Waals surface area (Å²) in [5.41, 5.74) is 0. The summed E-state index contributed by atoms with van der Waals surface area (Å²) >= 11 is 0. The van der Waals surface area contributed by atoms with Crippen LogP contribution in [0.25, 0.3) is 0 Å². The highest BCUT2D eigenvalue weighted by atomic mass is 32.2. The van der Waals surface area contributed by atoms with Gasteiger partial charge in [0.05, 0.1) is 0 Å². The molecule has 4 nitrogen and oxygen atoms in total. The lowest BCUT2D eigenvalue weighted by atomic mass is 9.96. The number of hydrogen-bond donors (Lipinski definition) is 1. The van der Waals surface area contributed by atoms with E-state index in [1.807, 2.05) is 0 Å². The molecule has 1 N–H and O–H groups in total. The maximum Gasteiger partial charge on any atom is 0.279 e. The zero-order valence-electron chi connectivity index (χ0n) is 9.98. The van der Waals surface area contributed by atoms with E-state index in [1.54, 1.807) is 13.1 Å². The van der Waals surface area contributed by atoms with Crippen molar-refractivity contribution < 1.29 is 8.42 Å². The summed E-state index contributed by atoms with van der Waals surface area (Å²) in [7, 11) is -1.62. The van der Waals surface area contributed by atoms with Crippen molar-refractivity contribution >= 4 is 10.2 Å². The molecule has 1 aliphatic rings. The quantitative estimate of drug-likeness (QED) is 0.572. The number of hydrogen-bond acceptors (Lipinski definition) is 2. The van der Waals surface area contributed by atoms with Crippen LogP contribution < -0.4 is 4.72 Å². The van der Waals surface area contributed by atoms with Gasteiger partial charge in [0.1, 0.15) is 0 Å². The Morgan fingerprint density at radius 2 is 2.00 bits per heavy atom. The van der Waals surface area contributed by atoms with Gasteiger partial charge in [-0.05, 0) is 19.3 Å². The van der Waals surface area contributed by atoms with Gasteiger partial charge in [0.2, 0.25) is 0 Å². The summed E-state index contributed by atoms with van der Waals surface area (Å²) in [4.78, 5) is 0. The molecule has 1 rings (SSSR count). The van der Waals surface area contributed by atoms with Gasteiger partial charge in [-0.15, -0.1) is 6.58 Å². The van der Waals surface area contributed by atoms with Crippen LogP contribution in [-0.4, -0.2) is 32.4 Å². The summed E-state index contributed by atoms with van der Waals surface area (Å²) in [5, 5.41) is 0. The first-order valence-electron chi connectivity index (χ1n) is 5.91. The summed E-state index contributed by atoms with van der Waals surface area (Å²) in [6.45, 7) is 4.00. The highest BCUT2D eigenvalue weighted by Gasteiger charge is 2.26. The molecule has 0 heterocycles. The van der Waals surface area contributed by atoms with Gasteiger partial charge >= 0.3 is 0 Å². The molecule has 94 valence electrons. The van der Waals surface area contributed by atoms with Crippen LogP contribution in [0.1, 0.15) is 38.5 Å². The maximum absolute atomic E-state index is 11.9. The molecule has 0 aromatic rings. The zero-order valence-corrected chi connectivity index (χ0v) is 10.8. The van der Waals surface area contributed by atoms with Crippen LogP contribution in [-0.2, 0) is 10.2 Å². The number of nitrogens with one attached hydrogen (secondary N) is 1. The van der Waals surface area contributed by atoms with Crippen molar-refractivity contribution in [2.45, 2.75) is 44.6 Å². The number of rotatable bonds is 6. The Balaban J connectivity index is 2.49. The van der Waals surface area contributed by atoms with E-state index in [-0.39, 0.29) is 6.04 Å². The Morgan fingerprint density at radius 1 is 1.38 bits per heavy atom. The van der Waals surface area contributed by atoms with Crippen LogP contribution in [0, 0.1) is 0 Å². The summed E-state index contributed by atoms with van der Waals surface area (Å²) in [6, 6.07) is 0.176. The molecule has 0 spiro atoms. The molecule has 5 heteroatoms. The Hall–Kier alpha value is -0.390. The molecule has 0 atom stereocenters. The van der Waals surface area contributed by atoms with Crippen LogP contribution in [0.2, 0.25) is 0 Å². The lowest BCUT2D eigenvalue weighted by Gasteiger charge is -2.30. The fourth-order valence-corrected chi connectivity index (χ4v) is 3.22. The van der Waals surface area contributed by atoms with E-state index < -0.39 is 10.2 Å². The van der Waals surface area contributed by atoms with Gasteiger partial charge in [-0.25, -0.2) is 4.72 Å². The Morgan fingerprint density at radius 3 is 2.56 bits per heavy atom. The molecule has 1 saturated carbocycles. The minimum absolute atomic E-state index is 0.176. The molecule has 0 aromatic heterocycles. The first kappa shape index (κ1) is 13.7. The molecule has 0 amide bonds. The van der Waals surface area contributed by atoms with E-state index >= 15 is 0 Å². The van der Waals surface area contributed by atoms with E-state index in [1.165, 1.54) is 10.7 Å². The van der Waals surface area contributed by atoms with Crippen molar-refractivity contribution in [2.24, 2.45) is 0 Å². The van der Waals surface area contributed by atoms with Crippen LogP contribution in [0.5, 0.6) is 0 Å². The highest BCUT2D eigenvalue weighted by Crippen LogP contribution is 2.22. The smallest absolute Gasteiger partial charge is 0.202 e. The Labute approximate surface area is 98.9 Å². The molecule has 1 aliphatic carbocycles. The van der Waals surface area contributed by atoms with Crippen molar-refractivity contribution in [3.8, 4) is 0 Å². The average Bonchev–Trinajstić information content (AvgIpc) is 2.29. The second-order valence-electron chi connectivity index (χ2n) is 4.28. The molecule has 0 aliphatic heterocycles. The van der Waals surface area contributed by atoms with Gasteiger partial charge in [-0.2, -0.15) is 12.7 Å². The predicted molar refractivity (Wildman–Crippen MR) is 66.4 cm³/mol. The minimum Gasteiger partial charge on any atom is -0.202 e. The van der Waals surface area contributed by atoms with Crippen LogP contribution in [0.15, 0.2) is 12.7 Å². The summed E-state index contributed by atoms with van der Waals surface area (Å²) in [6.07, 6.45) is 7.85. The van der Waals surface area contributed by atoms with Gasteiger partial charge in [-0.3, -0.25) is 0 Å². The first-order chi connectivity index (χ1) is 7.58. The highest BCUT2D eigenvalue weighted by molar-refractivity contribution is 7.87. The first-order valence-corrected chi connectivity index (χ1v) is 7.35. The van der Waals surface area contributed by atoms with E-state index in [0.29, 0.717) is 13.0 Å². The van der Waals surface area contributed by atoms with Gasteiger partial charge in [-0.1, -0.05) is 25.3 Å². The van der Waals surface area contributed by atoms with Crippen molar-refractivity contribution in [1.29, 1.82) is 0 Å². The summed E-state index contributed by atoms with van der Waals surface area (Å²) in [5.74, 6) is 0. The van der Waals surface area contributed by atoms with Crippen molar-refractivity contribution in [3.63, 3.8) is 0 Å². The van der Waals surface area contributed by atoms with E-state index in [9.17, 15) is 8.42 Å². The fourth-order valence-electron chi connectivity index (χ4n) is 2.03. The van der Waals surface area contributed by atoms with Crippen LogP contribution in [0.4, 0.5) is 0 Å². The SMILES string of the molecule is C=CCCNS(=O)(=O)N(C)C1CCCCC1. The molecule has 0 aromatic carbocycles. The van der Waals surface area contributed by atoms with Gasteiger partial charge in [0.15, 0.2) is 0 Å². The lowest BCUT2D eigenvalue weighted by Crippen LogP contribution is -2.45. The molecule has 0 bridgehead atoms. The maximum atomic E-state index is 11.9. The molecule has 0 unspecified atom stereocenters. The molecule has 0 radical (unpaired) electrons. The molecule has 1 fully saturated rings. The van der Waals surface area contributed by atoms with Crippen molar-refractivity contribution in [3.05, 3.63) is 12.7 Å². The van der Waals surface area contributed by atoms with E-state index in [4.69, 9.17) is 0 Å². The predicted octanol–water partition coefficient (Wildman–Crippen LogP) is 1.66. The van der Waals surface area contributed by atoms with Gasteiger partial charge in [0, 0.05) is 19.6 Å². The third-order valence-corrected chi connectivity index (χ3v) is 4.73. The van der Waals surface area contributed by atoms with Gasteiger partial charge < -0.3 is 0 Å². The Kier molecular flexibility index (Phi) is 5.44. The van der Waals surface area contributed by atoms with Crippen LogP contribution >= 0.6 is 0 Å². The third-order valence-electron chi connectivity index (χ3n) is 3.10. The summed E-state index contributed by atoms with van der Waals surface area (Å²) < 4.78 is 27.8. The monoisotopic (exact) mass is 246 g/mol. The third kappa shape index (κ3) is 3.88. The minimum atomic E-state index is -3.30. The molecule has 0 saturated heterocycles. The van der Waals surface area contributed by atoms with Crippen molar-refractivity contribution in [1.82, 2.24) is 9.03 Å². The topological polar surface area (TPSA) is 49.4 Å². The molecule has 16 heavy (non-hydrogen) atoms. The number of nitrogens with zero attached hydrogens (tertiary/aromatic N) is 1. The fraction of sp³-hybridized carbons (Fsp3) is 0.818. The average molecular weight is 246 g/mol. The van der Waals surface area contributed by atoms with Gasteiger partial charge in [0.25, 0.3) is 10.2 Å². The zero-order chi connectivity index (χ0) is 12.0. The van der Waals surface area contributed by atoms with E-state index in [0.717, 1.165) is 25.7 Å². The largest absolute Gasteiger partial charge is 0.279 e. The van der Waals surface area contributed by atoms with E-state index in [2.05, 4.69) is 11.3 Å². The lowest BCUT2D eigenvalue weighted by molar-refractivity contribution is 0.283. The van der Waals surface area contributed by atoms with Crippen molar-refractivity contribution in [2.75, 3.05) is 13.6 Å². The molecular formula is C11H22N2O2S. The normalized spacial score (nSPS) is 18.9.